The normalized spacial score (nSPS) is 12.0. The largest absolute Gasteiger partial charge is 0.497 e. The first-order valence-electron chi connectivity index (χ1n) is 6.10. The van der Waals surface area contributed by atoms with E-state index in [9.17, 15) is 0 Å². The van der Waals surface area contributed by atoms with Gasteiger partial charge < -0.3 is 15.2 Å². The van der Waals surface area contributed by atoms with E-state index in [0.29, 0.717) is 22.3 Å². The summed E-state index contributed by atoms with van der Waals surface area (Å²) in [5.41, 5.74) is 6.71. The number of rotatable bonds is 5. The molecule has 2 aromatic rings. The lowest BCUT2D eigenvalue weighted by Gasteiger charge is -2.19. The lowest BCUT2D eigenvalue weighted by atomic mass is 10.1. The first kappa shape index (κ1) is 15.0. The van der Waals surface area contributed by atoms with E-state index in [2.05, 4.69) is 0 Å². The second kappa shape index (κ2) is 6.84. The number of hydrogen-bond acceptors (Lipinski definition) is 3. The third-order valence-corrected chi connectivity index (χ3v) is 3.67. The standard InChI is InChI=1S/C15H15Cl2NO2/c1-19-11-5-2-4-10(8-11)14(9-18)20-13-7-3-6-12(16)15(13)17/h2-8,14H,9,18H2,1H3. The summed E-state index contributed by atoms with van der Waals surface area (Å²) in [6, 6.07) is 12.8. The minimum atomic E-state index is -0.318. The summed E-state index contributed by atoms with van der Waals surface area (Å²) in [5.74, 6) is 1.26. The molecule has 1 unspecified atom stereocenters. The van der Waals surface area contributed by atoms with E-state index in [4.69, 9.17) is 38.4 Å². The van der Waals surface area contributed by atoms with E-state index < -0.39 is 0 Å². The number of ether oxygens (including phenoxy) is 2. The zero-order valence-corrected chi connectivity index (χ0v) is 12.5. The topological polar surface area (TPSA) is 44.5 Å². The van der Waals surface area contributed by atoms with E-state index in [1.807, 2.05) is 24.3 Å². The molecule has 0 bridgehead atoms. The van der Waals surface area contributed by atoms with Crippen molar-refractivity contribution >= 4 is 23.2 Å². The monoisotopic (exact) mass is 311 g/mol. The highest BCUT2D eigenvalue weighted by molar-refractivity contribution is 6.42. The molecule has 2 N–H and O–H groups in total. The van der Waals surface area contributed by atoms with E-state index >= 15 is 0 Å². The van der Waals surface area contributed by atoms with Gasteiger partial charge in [0.05, 0.1) is 12.1 Å². The van der Waals surface area contributed by atoms with Gasteiger partial charge in [0.15, 0.2) is 0 Å². The van der Waals surface area contributed by atoms with E-state index in [-0.39, 0.29) is 6.10 Å². The van der Waals surface area contributed by atoms with Gasteiger partial charge in [-0.15, -0.1) is 0 Å². The van der Waals surface area contributed by atoms with Crippen molar-refractivity contribution in [2.45, 2.75) is 6.10 Å². The zero-order chi connectivity index (χ0) is 14.5. The van der Waals surface area contributed by atoms with Crippen LogP contribution in [0.1, 0.15) is 11.7 Å². The second-order valence-electron chi connectivity index (χ2n) is 4.17. The van der Waals surface area contributed by atoms with Gasteiger partial charge in [0.1, 0.15) is 22.6 Å². The minimum Gasteiger partial charge on any atom is -0.497 e. The smallest absolute Gasteiger partial charge is 0.140 e. The summed E-state index contributed by atoms with van der Waals surface area (Å²) >= 11 is 12.1. The average Bonchev–Trinajstić information content (AvgIpc) is 2.49. The fourth-order valence-electron chi connectivity index (χ4n) is 1.82. The lowest BCUT2D eigenvalue weighted by Crippen LogP contribution is -2.18. The third-order valence-electron chi connectivity index (χ3n) is 2.87. The van der Waals surface area contributed by atoms with Gasteiger partial charge in [-0.05, 0) is 29.8 Å². The van der Waals surface area contributed by atoms with Crippen LogP contribution < -0.4 is 15.2 Å². The average molecular weight is 312 g/mol. The van der Waals surface area contributed by atoms with Gasteiger partial charge in [-0.2, -0.15) is 0 Å². The van der Waals surface area contributed by atoms with Crippen LogP contribution in [-0.2, 0) is 0 Å². The molecule has 0 aliphatic heterocycles. The highest BCUT2D eigenvalue weighted by Crippen LogP contribution is 2.34. The van der Waals surface area contributed by atoms with Crippen molar-refractivity contribution in [1.29, 1.82) is 0 Å². The molecule has 3 nitrogen and oxygen atoms in total. The molecule has 0 aliphatic rings. The Morgan fingerprint density at radius 1 is 1.15 bits per heavy atom. The van der Waals surface area contributed by atoms with Crippen LogP contribution in [0.15, 0.2) is 42.5 Å². The Morgan fingerprint density at radius 3 is 2.60 bits per heavy atom. The Labute approximate surface area is 128 Å². The Bertz CT molecular complexity index is 590. The maximum absolute atomic E-state index is 6.12. The molecular weight excluding hydrogens is 297 g/mol. The lowest BCUT2D eigenvalue weighted by molar-refractivity contribution is 0.214. The van der Waals surface area contributed by atoms with E-state index in [0.717, 1.165) is 11.3 Å². The SMILES string of the molecule is COc1cccc(C(CN)Oc2cccc(Cl)c2Cl)c1. The zero-order valence-electron chi connectivity index (χ0n) is 11.0. The summed E-state index contributed by atoms with van der Waals surface area (Å²) in [6.07, 6.45) is -0.318. The molecule has 0 heterocycles. The van der Waals surface area contributed by atoms with Crippen molar-refractivity contribution < 1.29 is 9.47 Å². The quantitative estimate of drug-likeness (QED) is 0.904. The molecule has 0 radical (unpaired) electrons. The van der Waals surface area contributed by atoms with Gasteiger partial charge in [0.2, 0.25) is 0 Å². The van der Waals surface area contributed by atoms with Crippen molar-refractivity contribution in [3.63, 3.8) is 0 Å². The van der Waals surface area contributed by atoms with Crippen LogP contribution >= 0.6 is 23.2 Å². The predicted octanol–water partition coefficient (Wildman–Crippen LogP) is 4.08. The van der Waals surface area contributed by atoms with Crippen LogP contribution in [0.4, 0.5) is 0 Å². The number of methoxy groups -OCH3 is 1. The predicted molar refractivity (Wildman–Crippen MR) is 81.9 cm³/mol. The summed E-state index contributed by atoms with van der Waals surface area (Å²) in [7, 11) is 1.62. The third kappa shape index (κ3) is 3.37. The van der Waals surface area contributed by atoms with E-state index in [1.54, 1.807) is 25.3 Å². The fraction of sp³-hybridized carbons (Fsp3) is 0.200. The molecule has 0 aromatic heterocycles. The van der Waals surface area contributed by atoms with Gasteiger partial charge in [-0.1, -0.05) is 41.4 Å². The molecular formula is C15H15Cl2NO2. The Morgan fingerprint density at radius 2 is 1.90 bits per heavy atom. The van der Waals surface area contributed by atoms with Crippen molar-refractivity contribution in [2.24, 2.45) is 5.73 Å². The molecule has 2 rings (SSSR count). The summed E-state index contributed by atoms with van der Waals surface area (Å²) in [6.45, 7) is 0.315. The molecule has 5 heteroatoms. The van der Waals surface area contributed by atoms with Gasteiger partial charge in [-0.3, -0.25) is 0 Å². The van der Waals surface area contributed by atoms with Crippen LogP contribution in [-0.4, -0.2) is 13.7 Å². The van der Waals surface area contributed by atoms with Crippen molar-refractivity contribution in [3.05, 3.63) is 58.1 Å². The highest BCUT2D eigenvalue weighted by Gasteiger charge is 2.15. The van der Waals surface area contributed by atoms with E-state index in [1.165, 1.54) is 0 Å². The van der Waals surface area contributed by atoms with Gasteiger partial charge >= 0.3 is 0 Å². The number of halogens is 2. The molecule has 1 atom stereocenters. The Hall–Kier alpha value is -1.42. The number of nitrogens with two attached hydrogens (primary N) is 1. The van der Waals surface area contributed by atoms with Gasteiger partial charge in [-0.25, -0.2) is 0 Å². The maximum Gasteiger partial charge on any atom is 0.140 e. The van der Waals surface area contributed by atoms with Gasteiger partial charge in [0, 0.05) is 6.54 Å². The first-order chi connectivity index (χ1) is 9.65. The molecule has 2 aromatic carbocycles. The molecule has 0 amide bonds. The maximum atomic E-state index is 6.12. The summed E-state index contributed by atoms with van der Waals surface area (Å²) in [5, 5.41) is 0.834. The molecule has 0 aliphatic carbocycles. The van der Waals surface area contributed by atoms with Crippen molar-refractivity contribution in [2.75, 3.05) is 13.7 Å². The number of benzene rings is 2. The highest BCUT2D eigenvalue weighted by atomic mass is 35.5. The summed E-state index contributed by atoms with van der Waals surface area (Å²) in [4.78, 5) is 0. The van der Waals surface area contributed by atoms with Crippen LogP contribution in [0.3, 0.4) is 0 Å². The van der Waals surface area contributed by atoms with Crippen molar-refractivity contribution in [1.82, 2.24) is 0 Å². The van der Waals surface area contributed by atoms with Crippen LogP contribution in [0.2, 0.25) is 10.0 Å². The first-order valence-corrected chi connectivity index (χ1v) is 6.86. The van der Waals surface area contributed by atoms with Gasteiger partial charge in [0.25, 0.3) is 0 Å². The van der Waals surface area contributed by atoms with Crippen LogP contribution in [0.5, 0.6) is 11.5 Å². The summed E-state index contributed by atoms with van der Waals surface area (Å²) < 4.78 is 11.1. The molecule has 106 valence electrons. The molecule has 0 saturated carbocycles. The molecule has 0 spiro atoms. The second-order valence-corrected chi connectivity index (χ2v) is 4.96. The molecule has 20 heavy (non-hydrogen) atoms. The number of hydrogen-bond donors (Lipinski definition) is 1. The Balaban J connectivity index is 2.26. The minimum absolute atomic E-state index is 0.315. The molecule has 0 saturated heterocycles. The van der Waals surface area contributed by atoms with Crippen LogP contribution in [0, 0.1) is 0 Å². The van der Waals surface area contributed by atoms with Crippen LogP contribution in [0.25, 0.3) is 0 Å². The molecule has 0 fully saturated rings. The van der Waals surface area contributed by atoms with Crippen molar-refractivity contribution in [3.8, 4) is 11.5 Å². The Kier molecular flexibility index (Phi) is 5.12. The fourth-order valence-corrected chi connectivity index (χ4v) is 2.16.